The Hall–Kier alpha value is -1.95. The number of aliphatic hydroxyl groups excluding tert-OH is 1. The average Bonchev–Trinajstić information content (AvgIpc) is 2.46. The molecule has 110 valence electrons. The molecular formula is C14H19FN2O3. The van der Waals surface area contributed by atoms with Crippen molar-refractivity contribution in [3.8, 4) is 0 Å². The van der Waals surface area contributed by atoms with Crippen molar-refractivity contribution < 1.29 is 19.1 Å². The van der Waals surface area contributed by atoms with Gasteiger partial charge in [0.15, 0.2) is 0 Å². The molecule has 0 spiro atoms. The molecule has 1 aromatic rings. The van der Waals surface area contributed by atoms with Crippen molar-refractivity contribution in [2.45, 2.75) is 25.8 Å². The van der Waals surface area contributed by atoms with E-state index in [1.807, 2.05) is 0 Å². The van der Waals surface area contributed by atoms with Crippen LogP contribution < -0.4 is 10.6 Å². The van der Waals surface area contributed by atoms with Crippen LogP contribution >= 0.6 is 0 Å². The van der Waals surface area contributed by atoms with E-state index >= 15 is 0 Å². The highest BCUT2D eigenvalue weighted by Crippen LogP contribution is 2.02. The number of rotatable bonds is 6. The number of amides is 2. The second-order valence-electron chi connectivity index (χ2n) is 4.39. The number of nitrogens with one attached hydrogen (secondary N) is 2. The van der Waals surface area contributed by atoms with Gasteiger partial charge >= 0.3 is 11.8 Å². The third-order valence-corrected chi connectivity index (χ3v) is 2.87. The third-order valence-electron chi connectivity index (χ3n) is 2.87. The van der Waals surface area contributed by atoms with Crippen molar-refractivity contribution in [2.75, 3.05) is 13.2 Å². The van der Waals surface area contributed by atoms with Crippen molar-refractivity contribution >= 4 is 11.8 Å². The van der Waals surface area contributed by atoms with Gasteiger partial charge in [0.1, 0.15) is 5.82 Å². The van der Waals surface area contributed by atoms with E-state index in [1.165, 1.54) is 12.1 Å². The summed E-state index contributed by atoms with van der Waals surface area (Å²) in [5.41, 5.74) is 0.869. The number of carbonyl (C=O) groups excluding carboxylic acids is 2. The van der Waals surface area contributed by atoms with Crippen LogP contribution in [0.3, 0.4) is 0 Å². The molecule has 3 N–H and O–H groups in total. The predicted octanol–water partition coefficient (Wildman–Crippen LogP) is 0.371. The summed E-state index contributed by atoms with van der Waals surface area (Å²) in [5.74, 6) is -1.81. The Labute approximate surface area is 117 Å². The predicted molar refractivity (Wildman–Crippen MR) is 72.4 cm³/mol. The molecule has 20 heavy (non-hydrogen) atoms. The number of carbonyl (C=O) groups is 2. The number of halogens is 1. The van der Waals surface area contributed by atoms with Crippen LogP contribution in [0.2, 0.25) is 0 Å². The molecule has 0 saturated heterocycles. The van der Waals surface area contributed by atoms with Crippen LogP contribution in [0.5, 0.6) is 0 Å². The van der Waals surface area contributed by atoms with E-state index in [1.54, 1.807) is 19.1 Å². The van der Waals surface area contributed by atoms with Crippen molar-refractivity contribution in [3.05, 3.63) is 35.6 Å². The monoisotopic (exact) mass is 282 g/mol. The minimum absolute atomic E-state index is 0.203. The molecular weight excluding hydrogens is 263 g/mol. The minimum Gasteiger partial charge on any atom is -0.394 e. The lowest BCUT2D eigenvalue weighted by molar-refractivity contribution is -0.139. The Balaban J connectivity index is 2.32. The molecule has 1 aromatic carbocycles. The summed E-state index contributed by atoms with van der Waals surface area (Å²) >= 11 is 0. The molecule has 0 aliphatic heterocycles. The average molecular weight is 282 g/mol. The standard InChI is InChI=1S/C14H19FN2O3/c1-2-12(9-18)17-14(20)13(19)16-8-7-10-3-5-11(15)6-4-10/h3-6,12,18H,2,7-9H2,1H3,(H,16,19)(H,17,20). The van der Waals surface area contributed by atoms with Crippen molar-refractivity contribution in [2.24, 2.45) is 0 Å². The lowest BCUT2D eigenvalue weighted by Gasteiger charge is -2.13. The molecule has 0 radical (unpaired) electrons. The van der Waals surface area contributed by atoms with E-state index in [-0.39, 0.29) is 19.0 Å². The van der Waals surface area contributed by atoms with Crippen LogP contribution in [0.25, 0.3) is 0 Å². The highest BCUT2D eigenvalue weighted by molar-refractivity contribution is 6.35. The molecule has 0 saturated carbocycles. The van der Waals surface area contributed by atoms with Crippen LogP contribution in [-0.4, -0.2) is 36.1 Å². The first kappa shape index (κ1) is 16.1. The van der Waals surface area contributed by atoms with Gasteiger partial charge in [-0.25, -0.2) is 4.39 Å². The second-order valence-corrected chi connectivity index (χ2v) is 4.39. The lowest BCUT2D eigenvalue weighted by Crippen LogP contribution is -2.46. The van der Waals surface area contributed by atoms with Crippen LogP contribution in [0.4, 0.5) is 4.39 Å². The van der Waals surface area contributed by atoms with Crippen molar-refractivity contribution in [1.82, 2.24) is 10.6 Å². The number of benzene rings is 1. The Bertz CT molecular complexity index is 444. The van der Waals surface area contributed by atoms with Gasteiger partial charge in [-0.05, 0) is 30.5 Å². The maximum absolute atomic E-state index is 12.7. The van der Waals surface area contributed by atoms with Gasteiger partial charge in [0.05, 0.1) is 12.6 Å². The molecule has 0 heterocycles. The maximum Gasteiger partial charge on any atom is 0.309 e. The highest BCUT2D eigenvalue weighted by Gasteiger charge is 2.16. The van der Waals surface area contributed by atoms with Gasteiger partial charge in [-0.2, -0.15) is 0 Å². The second kappa shape index (κ2) is 8.27. The SMILES string of the molecule is CCC(CO)NC(=O)C(=O)NCCc1ccc(F)cc1. The summed E-state index contributed by atoms with van der Waals surface area (Å²) in [4.78, 5) is 23.0. The fraction of sp³-hybridized carbons (Fsp3) is 0.429. The van der Waals surface area contributed by atoms with Gasteiger partial charge in [-0.3, -0.25) is 9.59 Å². The molecule has 1 unspecified atom stereocenters. The number of hydrogen-bond donors (Lipinski definition) is 3. The van der Waals surface area contributed by atoms with Crippen LogP contribution in [0, 0.1) is 5.82 Å². The first-order chi connectivity index (χ1) is 9.56. The summed E-state index contributed by atoms with van der Waals surface area (Å²) in [6.07, 6.45) is 1.06. The van der Waals surface area contributed by atoms with Crippen LogP contribution in [-0.2, 0) is 16.0 Å². The maximum atomic E-state index is 12.7. The molecule has 0 fully saturated rings. The molecule has 0 aromatic heterocycles. The highest BCUT2D eigenvalue weighted by atomic mass is 19.1. The molecule has 1 rings (SSSR count). The van der Waals surface area contributed by atoms with Gasteiger partial charge in [0, 0.05) is 6.54 Å². The number of hydrogen-bond acceptors (Lipinski definition) is 3. The molecule has 0 aliphatic rings. The summed E-state index contributed by atoms with van der Waals surface area (Å²) in [6.45, 7) is 1.88. The van der Waals surface area contributed by atoms with E-state index in [4.69, 9.17) is 5.11 Å². The Morgan fingerprint density at radius 1 is 1.25 bits per heavy atom. The quantitative estimate of drug-likeness (QED) is 0.660. The first-order valence-corrected chi connectivity index (χ1v) is 6.50. The van der Waals surface area contributed by atoms with Gasteiger partial charge in [-0.15, -0.1) is 0 Å². The summed E-state index contributed by atoms with van der Waals surface area (Å²) in [5, 5.41) is 13.8. The van der Waals surface area contributed by atoms with E-state index in [2.05, 4.69) is 10.6 Å². The Kier molecular flexibility index (Phi) is 6.66. The fourth-order valence-corrected chi connectivity index (χ4v) is 1.58. The first-order valence-electron chi connectivity index (χ1n) is 6.50. The zero-order chi connectivity index (χ0) is 15.0. The normalized spacial score (nSPS) is 11.8. The molecule has 5 nitrogen and oxygen atoms in total. The van der Waals surface area contributed by atoms with E-state index in [9.17, 15) is 14.0 Å². The van der Waals surface area contributed by atoms with Crippen LogP contribution in [0.1, 0.15) is 18.9 Å². The topological polar surface area (TPSA) is 78.4 Å². The van der Waals surface area contributed by atoms with E-state index in [0.717, 1.165) is 5.56 Å². The van der Waals surface area contributed by atoms with Gasteiger partial charge in [0.2, 0.25) is 0 Å². The minimum atomic E-state index is -0.759. The van der Waals surface area contributed by atoms with Gasteiger partial charge in [0.25, 0.3) is 0 Å². The molecule has 0 aliphatic carbocycles. The van der Waals surface area contributed by atoms with E-state index < -0.39 is 17.9 Å². The largest absolute Gasteiger partial charge is 0.394 e. The molecule has 1 atom stereocenters. The lowest BCUT2D eigenvalue weighted by atomic mass is 10.1. The summed E-state index contributed by atoms with van der Waals surface area (Å²) in [6, 6.07) is 5.53. The number of aliphatic hydroxyl groups is 1. The summed E-state index contributed by atoms with van der Waals surface area (Å²) in [7, 11) is 0. The third kappa shape index (κ3) is 5.36. The fourth-order valence-electron chi connectivity index (χ4n) is 1.58. The van der Waals surface area contributed by atoms with Gasteiger partial charge in [-0.1, -0.05) is 19.1 Å². The van der Waals surface area contributed by atoms with Crippen molar-refractivity contribution in [1.29, 1.82) is 0 Å². The Morgan fingerprint density at radius 3 is 2.45 bits per heavy atom. The Morgan fingerprint density at radius 2 is 1.90 bits per heavy atom. The smallest absolute Gasteiger partial charge is 0.309 e. The summed E-state index contributed by atoms with van der Waals surface area (Å²) < 4.78 is 12.7. The van der Waals surface area contributed by atoms with Crippen LogP contribution in [0.15, 0.2) is 24.3 Å². The van der Waals surface area contributed by atoms with Gasteiger partial charge < -0.3 is 15.7 Å². The zero-order valence-electron chi connectivity index (χ0n) is 11.4. The molecule has 6 heteroatoms. The van der Waals surface area contributed by atoms with Crippen molar-refractivity contribution in [3.63, 3.8) is 0 Å². The van der Waals surface area contributed by atoms with E-state index in [0.29, 0.717) is 12.8 Å². The zero-order valence-corrected chi connectivity index (χ0v) is 11.4. The molecule has 0 bridgehead atoms. The molecule has 2 amide bonds.